The van der Waals surface area contributed by atoms with Crippen molar-refractivity contribution in [3.8, 4) is 0 Å². The van der Waals surface area contributed by atoms with Gasteiger partial charge in [0.1, 0.15) is 5.83 Å². The second-order valence-electron chi connectivity index (χ2n) is 7.36. The molecule has 0 N–H and O–H groups in total. The van der Waals surface area contributed by atoms with Gasteiger partial charge in [-0.15, -0.1) is 0 Å². The summed E-state index contributed by atoms with van der Waals surface area (Å²) in [6.45, 7) is 6.89. The van der Waals surface area contributed by atoms with Crippen LogP contribution in [0.25, 0.3) is 11.9 Å². The lowest BCUT2D eigenvalue weighted by molar-refractivity contribution is 0.0175. The fourth-order valence-electron chi connectivity index (χ4n) is 3.92. The predicted molar refractivity (Wildman–Crippen MR) is 116 cm³/mol. The molecule has 5 heteroatoms. The van der Waals surface area contributed by atoms with Crippen LogP contribution in [0.15, 0.2) is 36.5 Å². The summed E-state index contributed by atoms with van der Waals surface area (Å²) in [5, 5.41) is -0.221. The van der Waals surface area contributed by atoms with Crippen LogP contribution in [0.1, 0.15) is 81.7 Å². The van der Waals surface area contributed by atoms with Crippen molar-refractivity contribution >= 4 is 23.5 Å². The minimum Gasteiger partial charge on any atom is -0.255 e. The Labute approximate surface area is 177 Å². The smallest absolute Gasteiger partial charge is 0.255 e. The second kappa shape index (κ2) is 10.3. The molecular formula is C24H29ClF3N. The molecule has 158 valence electrons. The van der Waals surface area contributed by atoms with Crippen molar-refractivity contribution in [2.45, 2.75) is 65.2 Å². The molecule has 1 aliphatic carbocycles. The second-order valence-corrected chi connectivity index (χ2v) is 7.74. The summed E-state index contributed by atoms with van der Waals surface area (Å²) in [5.41, 5.74) is 1.07. The first-order chi connectivity index (χ1) is 13.8. The molecule has 1 nitrogen and oxygen atoms in total. The molecule has 1 heterocycles. The maximum Gasteiger partial charge on any atom is 0.272 e. The highest BCUT2D eigenvalue weighted by Crippen LogP contribution is 2.40. The van der Waals surface area contributed by atoms with Crippen molar-refractivity contribution in [1.29, 1.82) is 0 Å². The van der Waals surface area contributed by atoms with Crippen molar-refractivity contribution in [1.82, 2.24) is 4.98 Å². The third-order valence-electron chi connectivity index (χ3n) is 5.47. The van der Waals surface area contributed by atoms with Crippen LogP contribution in [0.4, 0.5) is 13.2 Å². The van der Waals surface area contributed by atoms with Gasteiger partial charge < -0.3 is 0 Å². The summed E-state index contributed by atoms with van der Waals surface area (Å²) in [4.78, 5) is 3.99. The molecule has 0 amide bonds. The maximum atomic E-state index is 15.1. The topological polar surface area (TPSA) is 12.9 Å². The Morgan fingerprint density at radius 3 is 2.41 bits per heavy atom. The molecule has 0 radical (unpaired) electrons. The zero-order valence-corrected chi connectivity index (χ0v) is 18.2. The first kappa shape index (κ1) is 23.5. The van der Waals surface area contributed by atoms with E-state index in [0.29, 0.717) is 11.5 Å². The zero-order chi connectivity index (χ0) is 21.6. The summed E-state index contributed by atoms with van der Waals surface area (Å²) in [5.74, 6) is -2.85. The molecule has 1 aromatic heterocycles. The van der Waals surface area contributed by atoms with Gasteiger partial charge in [-0.3, -0.25) is 4.98 Å². The summed E-state index contributed by atoms with van der Waals surface area (Å²) < 4.78 is 42.5. The van der Waals surface area contributed by atoms with Gasteiger partial charge in [0.15, 0.2) is 0 Å². The fourth-order valence-corrected chi connectivity index (χ4v) is 4.25. The van der Waals surface area contributed by atoms with E-state index >= 15 is 4.39 Å². The molecule has 1 saturated carbocycles. The van der Waals surface area contributed by atoms with Crippen LogP contribution in [0.3, 0.4) is 0 Å². The van der Waals surface area contributed by atoms with Crippen molar-refractivity contribution in [3.05, 3.63) is 63.9 Å². The van der Waals surface area contributed by atoms with E-state index in [1.165, 1.54) is 19.0 Å². The van der Waals surface area contributed by atoms with Gasteiger partial charge >= 0.3 is 0 Å². The first-order valence-electron chi connectivity index (χ1n) is 10.3. The molecule has 2 aromatic rings. The maximum absolute atomic E-state index is 15.1. The highest BCUT2D eigenvalue weighted by molar-refractivity contribution is 6.32. The molecule has 0 bridgehead atoms. The normalized spacial score (nSPS) is 16.3. The molecule has 3 rings (SSSR count). The molecule has 1 aromatic carbocycles. The fraction of sp³-hybridized carbons (Fsp3) is 0.458. The van der Waals surface area contributed by atoms with E-state index in [1.54, 1.807) is 12.1 Å². The summed E-state index contributed by atoms with van der Waals surface area (Å²) in [7, 11) is 0. The lowest BCUT2D eigenvalue weighted by Gasteiger charge is -2.21. The number of rotatable bonds is 5. The van der Waals surface area contributed by atoms with Crippen LogP contribution in [0.5, 0.6) is 0 Å². The number of aromatic nitrogens is 1. The first-order valence-corrected chi connectivity index (χ1v) is 10.7. The van der Waals surface area contributed by atoms with Gasteiger partial charge in [-0.25, -0.2) is 13.2 Å². The minimum absolute atomic E-state index is 0.0107. The number of alkyl halides is 2. The number of hydrogen-bond acceptors (Lipinski definition) is 1. The Morgan fingerprint density at radius 2 is 1.79 bits per heavy atom. The average Bonchev–Trinajstić information content (AvgIpc) is 3.24. The number of nitrogens with zero attached hydrogens (tertiary/aromatic N) is 1. The third kappa shape index (κ3) is 5.63. The van der Waals surface area contributed by atoms with Gasteiger partial charge in [0.05, 0.1) is 10.7 Å². The van der Waals surface area contributed by atoms with E-state index in [9.17, 15) is 8.78 Å². The molecule has 1 fully saturated rings. The van der Waals surface area contributed by atoms with Crippen LogP contribution in [0, 0.1) is 5.92 Å². The zero-order valence-electron chi connectivity index (χ0n) is 17.5. The monoisotopic (exact) mass is 423 g/mol. The summed E-state index contributed by atoms with van der Waals surface area (Å²) >= 11 is 6.08. The summed E-state index contributed by atoms with van der Waals surface area (Å²) in [6.07, 6.45) is 7.12. The predicted octanol–water partition coefficient (Wildman–Crippen LogP) is 8.63. The molecule has 0 saturated heterocycles. The van der Waals surface area contributed by atoms with E-state index in [-0.39, 0.29) is 22.2 Å². The van der Waals surface area contributed by atoms with Crippen LogP contribution < -0.4 is 0 Å². The molecule has 29 heavy (non-hydrogen) atoms. The average molecular weight is 424 g/mol. The van der Waals surface area contributed by atoms with E-state index in [0.717, 1.165) is 37.5 Å². The van der Waals surface area contributed by atoms with Crippen molar-refractivity contribution < 1.29 is 13.2 Å². The SMILES string of the molecule is CC.CC(c1ccccc1/C(F)=C/c1nccc(C(C)(F)F)c1Cl)C1CCCC1. The molecule has 0 aliphatic heterocycles. The Bertz CT molecular complexity index is 836. The van der Waals surface area contributed by atoms with Crippen molar-refractivity contribution in [2.75, 3.05) is 0 Å². The van der Waals surface area contributed by atoms with Gasteiger partial charge in [-0.1, -0.05) is 69.5 Å². The Kier molecular flexibility index (Phi) is 8.33. The Balaban J connectivity index is 0.00000145. The van der Waals surface area contributed by atoms with Crippen molar-refractivity contribution in [2.24, 2.45) is 5.92 Å². The van der Waals surface area contributed by atoms with Crippen molar-refractivity contribution in [3.63, 3.8) is 0 Å². The number of halogens is 4. The van der Waals surface area contributed by atoms with Gasteiger partial charge in [-0.2, -0.15) is 0 Å². The standard InChI is InChI=1S/C22H23ClF3N.C2H6/c1-14(15-7-3-4-8-15)16-9-5-6-10-17(16)19(24)13-20-21(23)18(11-12-27-20)22(2,25)26;1-2/h5-6,9-15H,3-4,7-8H2,1-2H3;1-2H3/b19-13-;. The number of pyridine rings is 1. The Morgan fingerprint density at radius 1 is 1.17 bits per heavy atom. The number of hydrogen-bond donors (Lipinski definition) is 0. The largest absolute Gasteiger partial charge is 0.272 e. The van der Waals surface area contributed by atoms with Crippen LogP contribution >= 0.6 is 11.6 Å². The summed E-state index contributed by atoms with van der Waals surface area (Å²) in [6, 6.07) is 8.50. The van der Waals surface area contributed by atoms with Gasteiger partial charge in [0, 0.05) is 30.3 Å². The lowest BCUT2D eigenvalue weighted by atomic mass is 9.84. The highest BCUT2D eigenvalue weighted by Gasteiger charge is 2.29. The molecular weight excluding hydrogens is 395 g/mol. The number of benzene rings is 1. The molecule has 1 unspecified atom stereocenters. The van der Waals surface area contributed by atoms with Crippen LogP contribution in [0.2, 0.25) is 5.02 Å². The quantitative estimate of drug-likeness (QED) is 0.468. The van der Waals surface area contributed by atoms with Gasteiger partial charge in [0.25, 0.3) is 5.92 Å². The lowest BCUT2D eigenvalue weighted by Crippen LogP contribution is -2.09. The highest BCUT2D eigenvalue weighted by atomic mass is 35.5. The molecule has 1 aliphatic rings. The Hall–Kier alpha value is -1.81. The van der Waals surface area contributed by atoms with Crippen LogP contribution in [-0.2, 0) is 5.92 Å². The third-order valence-corrected chi connectivity index (χ3v) is 5.87. The van der Waals surface area contributed by atoms with Gasteiger partial charge in [0.2, 0.25) is 0 Å². The molecule has 0 spiro atoms. The molecule has 1 atom stereocenters. The van der Waals surface area contributed by atoms with Crippen LogP contribution in [-0.4, -0.2) is 4.98 Å². The minimum atomic E-state index is -3.12. The van der Waals surface area contributed by atoms with E-state index in [2.05, 4.69) is 11.9 Å². The van der Waals surface area contributed by atoms with E-state index in [4.69, 9.17) is 11.6 Å². The van der Waals surface area contributed by atoms with E-state index in [1.807, 2.05) is 26.0 Å². The van der Waals surface area contributed by atoms with Gasteiger partial charge in [-0.05, 0) is 36.3 Å². The van der Waals surface area contributed by atoms with E-state index < -0.39 is 11.7 Å².